The van der Waals surface area contributed by atoms with Gasteiger partial charge in [-0.1, -0.05) is 31.2 Å². The van der Waals surface area contributed by atoms with Crippen LogP contribution in [0.2, 0.25) is 0 Å². The number of methoxy groups -OCH3 is 4. The summed E-state index contributed by atoms with van der Waals surface area (Å²) in [5.41, 5.74) is 3.03. The number of pyridine rings is 1. The molecule has 0 saturated carbocycles. The van der Waals surface area contributed by atoms with Crippen molar-refractivity contribution in [2.24, 2.45) is 7.05 Å². The number of imidazole rings is 1. The fraction of sp³-hybridized carbons (Fsp3) is 0.345. The molecule has 9 nitrogen and oxygen atoms in total. The lowest BCUT2D eigenvalue weighted by Crippen LogP contribution is -2.13. The molecule has 39 heavy (non-hydrogen) atoms. The van der Waals surface area contributed by atoms with Crippen molar-refractivity contribution >= 4 is 28.6 Å². The molecule has 0 fully saturated rings. The maximum atomic E-state index is 13.8. The quantitative estimate of drug-likeness (QED) is 0.121. The Kier molecular flexibility index (Phi) is 9.19. The summed E-state index contributed by atoms with van der Waals surface area (Å²) in [4.78, 5) is 23.1. The highest BCUT2D eigenvalue weighted by molar-refractivity contribution is 7.98. The number of thioether (sulfide) groups is 1. The molecule has 0 spiro atoms. The van der Waals surface area contributed by atoms with Gasteiger partial charge in [0.05, 0.1) is 51.8 Å². The van der Waals surface area contributed by atoms with Crippen molar-refractivity contribution in [1.82, 2.24) is 14.5 Å². The maximum Gasteiger partial charge on any atom is 0.340 e. The van der Waals surface area contributed by atoms with Crippen LogP contribution in [0.25, 0.3) is 22.0 Å². The first kappa shape index (κ1) is 28.1. The van der Waals surface area contributed by atoms with Crippen molar-refractivity contribution < 1.29 is 28.5 Å². The van der Waals surface area contributed by atoms with E-state index in [1.54, 1.807) is 34.6 Å². The van der Waals surface area contributed by atoms with Crippen LogP contribution in [-0.4, -0.2) is 55.6 Å². The van der Waals surface area contributed by atoms with Crippen molar-refractivity contribution in [2.75, 3.05) is 35.0 Å². The summed E-state index contributed by atoms with van der Waals surface area (Å²) in [5, 5.41) is 1.52. The normalized spacial score (nSPS) is 10.9. The molecule has 0 N–H and O–H groups in total. The lowest BCUT2D eigenvalue weighted by Gasteiger charge is -2.19. The van der Waals surface area contributed by atoms with E-state index in [0.717, 1.165) is 23.6 Å². The average Bonchev–Trinajstić information content (AvgIpc) is 3.38. The molecule has 10 heteroatoms. The number of ether oxygens (including phenoxy) is 5. The lowest BCUT2D eigenvalue weighted by molar-refractivity contribution is 0.0499. The Morgan fingerprint density at radius 3 is 2.28 bits per heavy atom. The van der Waals surface area contributed by atoms with Crippen molar-refractivity contribution in [2.45, 2.75) is 30.7 Å². The van der Waals surface area contributed by atoms with Crippen LogP contribution in [0.1, 0.15) is 35.8 Å². The van der Waals surface area contributed by atoms with Crippen LogP contribution >= 0.6 is 11.8 Å². The molecule has 2 aromatic carbocycles. The molecule has 206 valence electrons. The van der Waals surface area contributed by atoms with Gasteiger partial charge in [-0.05, 0) is 30.2 Å². The molecule has 0 bridgehead atoms. The van der Waals surface area contributed by atoms with E-state index in [1.165, 1.54) is 11.8 Å². The summed E-state index contributed by atoms with van der Waals surface area (Å²) >= 11 is 1.49. The number of aryl methyl sites for hydroxylation is 1. The number of hydrogen-bond donors (Lipinski definition) is 0. The van der Waals surface area contributed by atoms with Gasteiger partial charge in [0.25, 0.3) is 0 Å². The van der Waals surface area contributed by atoms with Crippen LogP contribution < -0.4 is 18.9 Å². The van der Waals surface area contributed by atoms with E-state index in [4.69, 9.17) is 28.7 Å². The molecule has 0 atom stereocenters. The standard InChI is InChI=1S/C29H33N3O6S/c1-7-8-13-38-28(33)27-21(17-39-29-30-11-12-32(29)2)31-20-16-25(37-6)24(36-5)15-19(20)26(27)18-9-10-22(34-3)23(14-18)35-4/h9-12,14-16H,7-8,13,17H2,1-6H3. The highest BCUT2D eigenvalue weighted by Gasteiger charge is 2.26. The number of fused-ring (bicyclic) bond motifs is 1. The number of hydrogen-bond acceptors (Lipinski definition) is 9. The fourth-order valence-electron chi connectivity index (χ4n) is 4.26. The Morgan fingerprint density at radius 2 is 1.64 bits per heavy atom. The van der Waals surface area contributed by atoms with Gasteiger partial charge in [0.15, 0.2) is 28.2 Å². The SMILES string of the molecule is CCCCOC(=O)c1c(CSc2nccn2C)nc2cc(OC)c(OC)cc2c1-c1ccc(OC)c(OC)c1. The molecule has 4 rings (SSSR count). The topological polar surface area (TPSA) is 93.9 Å². The number of carbonyl (C=O) groups is 1. The molecule has 0 unspecified atom stereocenters. The molecule has 0 aliphatic rings. The van der Waals surface area contributed by atoms with Crippen molar-refractivity contribution in [3.8, 4) is 34.1 Å². The molecular formula is C29H33N3O6S. The first-order valence-corrected chi connectivity index (χ1v) is 13.5. The van der Waals surface area contributed by atoms with Gasteiger partial charge in [0.2, 0.25) is 0 Å². The second-order valence-electron chi connectivity index (χ2n) is 8.70. The van der Waals surface area contributed by atoms with Crippen LogP contribution in [0, 0.1) is 0 Å². The fourth-order valence-corrected chi connectivity index (χ4v) is 5.14. The number of aromatic nitrogens is 3. The van der Waals surface area contributed by atoms with Crippen molar-refractivity contribution in [3.63, 3.8) is 0 Å². The monoisotopic (exact) mass is 551 g/mol. The second-order valence-corrected chi connectivity index (χ2v) is 9.64. The van der Waals surface area contributed by atoms with Gasteiger partial charge in [0.1, 0.15) is 0 Å². The molecule has 0 radical (unpaired) electrons. The van der Waals surface area contributed by atoms with E-state index in [1.807, 2.05) is 48.1 Å². The smallest absolute Gasteiger partial charge is 0.340 e. The van der Waals surface area contributed by atoms with Gasteiger partial charge in [-0.3, -0.25) is 4.98 Å². The predicted octanol–water partition coefficient (Wildman–Crippen LogP) is 5.92. The molecule has 4 aromatic rings. The number of carbonyl (C=O) groups excluding carboxylic acids is 1. The molecule has 0 amide bonds. The largest absolute Gasteiger partial charge is 0.493 e. The zero-order valence-electron chi connectivity index (χ0n) is 23.1. The number of esters is 1. The van der Waals surface area contributed by atoms with Crippen LogP contribution in [0.3, 0.4) is 0 Å². The van der Waals surface area contributed by atoms with Gasteiger partial charge in [-0.25, -0.2) is 9.78 Å². The third-order valence-electron chi connectivity index (χ3n) is 6.29. The van der Waals surface area contributed by atoms with Gasteiger partial charge < -0.3 is 28.3 Å². The van der Waals surface area contributed by atoms with Crippen molar-refractivity contribution in [3.05, 3.63) is 54.0 Å². The molecule has 2 aromatic heterocycles. The van der Waals surface area contributed by atoms with E-state index in [2.05, 4.69) is 11.9 Å². The Morgan fingerprint density at radius 1 is 0.949 bits per heavy atom. The van der Waals surface area contributed by atoms with Gasteiger partial charge in [-0.15, -0.1) is 0 Å². The average molecular weight is 552 g/mol. The summed E-state index contributed by atoms with van der Waals surface area (Å²) in [6.45, 7) is 2.37. The number of nitrogens with zero attached hydrogens (tertiary/aromatic N) is 3. The second kappa shape index (κ2) is 12.8. The van der Waals surface area contributed by atoms with Gasteiger partial charge >= 0.3 is 5.97 Å². The molecule has 2 heterocycles. The lowest BCUT2D eigenvalue weighted by atomic mass is 9.93. The third kappa shape index (κ3) is 5.90. The first-order chi connectivity index (χ1) is 18.9. The minimum absolute atomic E-state index is 0.316. The van der Waals surface area contributed by atoms with Gasteiger partial charge in [0, 0.05) is 42.2 Å². The van der Waals surface area contributed by atoms with E-state index in [9.17, 15) is 4.79 Å². The molecule has 0 saturated heterocycles. The minimum atomic E-state index is -0.437. The molecule has 0 aliphatic carbocycles. The summed E-state index contributed by atoms with van der Waals surface area (Å²) in [7, 11) is 8.24. The summed E-state index contributed by atoms with van der Waals surface area (Å²) in [5.74, 6) is 2.14. The van der Waals surface area contributed by atoms with Crippen LogP contribution in [-0.2, 0) is 17.5 Å². The van der Waals surface area contributed by atoms with Crippen LogP contribution in [0.15, 0.2) is 47.9 Å². The summed E-state index contributed by atoms with van der Waals surface area (Å²) < 4.78 is 29.9. The summed E-state index contributed by atoms with van der Waals surface area (Å²) in [6, 6.07) is 9.22. The van der Waals surface area contributed by atoms with E-state index >= 15 is 0 Å². The third-order valence-corrected chi connectivity index (χ3v) is 7.36. The minimum Gasteiger partial charge on any atom is -0.493 e. The molecular weight excluding hydrogens is 518 g/mol. The molecule has 0 aliphatic heterocycles. The van der Waals surface area contributed by atoms with Crippen LogP contribution in [0.5, 0.6) is 23.0 Å². The maximum absolute atomic E-state index is 13.8. The van der Waals surface area contributed by atoms with Gasteiger partial charge in [-0.2, -0.15) is 0 Å². The van der Waals surface area contributed by atoms with Crippen LogP contribution in [0.4, 0.5) is 0 Å². The van der Waals surface area contributed by atoms with E-state index in [0.29, 0.717) is 63.1 Å². The number of unbranched alkanes of at least 4 members (excludes halogenated alkanes) is 1. The Bertz CT molecular complexity index is 1470. The number of benzene rings is 2. The first-order valence-electron chi connectivity index (χ1n) is 12.5. The Balaban J connectivity index is 2.02. The Labute approximate surface area is 232 Å². The Hall–Kier alpha value is -3.92. The predicted molar refractivity (Wildman–Crippen MR) is 151 cm³/mol. The highest BCUT2D eigenvalue weighted by Crippen LogP contribution is 2.42. The van der Waals surface area contributed by atoms with E-state index in [-0.39, 0.29) is 0 Å². The highest BCUT2D eigenvalue weighted by atomic mass is 32.2. The summed E-state index contributed by atoms with van der Waals surface area (Å²) in [6.07, 6.45) is 5.29. The van der Waals surface area contributed by atoms with E-state index < -0.39 is 5.97 Å². The van der Waals surface area contributed by atoms with Crippen molar-refractivity contribution in [1.29, 1.82) is 0 Å². The zero-order chi connectivity index (χ0) is 27.9. The number of rotatable bonds is 12. The zero-order valence-corrected chi connectivity index (χ0v) is 23.9.